The van der Waals surface area contributed by atoms with E-state index in [0.29, 0.717) is 33.7 Å². The number of benzene rings is 6. The molecule has 8 rings (SSSR count). The van der Waals surface area contributed by atoms with Gasteiger partial charge in [0.2, 0.25) is 0 Å². The molecule has 0 amide bonds. The molecule has 0 aliphatic rings. The zero-order chi connectivity index (χ0) is 49.6. The molecule has 0 aliphatic carbocycles. The van der Waals surface area contributed by atoms with Gasteiger partial charge in [0.05, 0.1) is 27.8 Å². The molecule has 0 fully saturated rings. The van der Waals surface area contributed by atoms with Crippen molar-refractivity contribution in [2.24, 2.45) is 0 Å². The number of hydrogen-bond acceptors (Lipinski definition) is 3. The van der Waals surface area contributed by atoms with Crippen molar-refractivity contribution in [3.8, 4) is 67.5 Å². The van der Waals surface area contributed by atoms with Crippen LogP contribution in [0.4, 0.5) is 0 Å². The molecule has 6 aromatic carbocycles. The predicted molar refractivity (Wildman–Crippen MR) is 252 cm³/mol. The van der Waals surface area contributed by atoms with Crippen molar-refractivity contribution in [3.05, 3.63) is 167 Å². The van der Waals surface area contributed by atoms with E-state index < -0.39 is 42.5 Å². The summed E-state index contributed by atoms with van der Waals surface area (Å²) in [6, 6.07) is 33.6. The maximum absolute atomic E-state index is 11.8. The number of pyridine rings is 1. The number of rotatable bonds is 7. The quantitative estimate of drug-likeness (QED) is 0.162. The first kappa shape index (κ1) is 34.1. The number of para-hydroxylation sites is 1. The van der Waals surface area contributed by atoms with Gasteiger partial charge in [-0.05, 0) is 107 Å². The van der Waals surface area contributed by atoms with Crippen LogP contribution in [0.1, 0.15) is 106 Å². The Labute approximate surface area is 388 Å². The van der Waals surface area contributed by atoms with E-state index in [1.165, 1.54) is 11.8 Å². The normalized spacial score (nSPS) is 14.2. The smallest absolute Gasteiger partial charge is 0.148 e. The second-order valence-corrected chi connectivity index (χ2v) is 18.1. The van der Waals surface area contributed by atoms with Gasteiger partial charge in [0, 0.05) is 44.0 Å². The Morgan fingerprint density at radius 3 is 2.08 bits per heavy atom. The van der Waals surface area contributed by atoms with Crippen molar-refractivity contribution in [1.29, 1.82) is 0 Å². The Bertz CT molecular complexity index is 3270. The van der Waals surface area contributed by atoms with Crippen molar-refractivity contribution in [3.63, 3.8) is 0 Å². The van der Waals surface area contributed by atoms with E-state index >= 15 is 0 Å². The minimum Gasteiger partial charge on any atom is -0.507 e. The molecule has 5 heteroatoms. The van der Waals surface area contributed by atoms with Crippen LogP contribution in [0.15, 0.2) is 127 Å². The summed E-state index contributed by atoms with van der Waals surface area (Å²) in [5, 5.41) is 11.8. The summed E-state index contributed by atoms with van der Waals surface area (Å²) < 4.78 is 69.6. The average molecular weight is 990 g/mol. The van der Waals surface area contributed by atoms with Crippen molar-refractivity contribution < 1.29 is 37.1 Å². The largest absolute Gasteiger partial charge is 0.507 e. The number of phenolic OH excluding ortho intramolecular Hbond substituents is 1. The number of hydrogen-bond donors (Lipinski definition) is 1. The standard InChI is InChI=1S/C56H56N3O.Pt/c1-34(2)40-21-24-50(47(32-40)39-19-22-44(23-20-39)55(6,7)8)59-51-14-12-13-46(52(51)58-54(59)48-28-36(4)27-37(5)53(48)60)42-29-43(31-45(30-42)56(9,10)11)49-33-41(25-26-57-49)38-17-15-35(3)16-18-38;/h12-28,30-34,60H,1-11H3;/q-1;/i3D3,15D,16D,17D,18D,34D;. The topological polar surface area (TPSA) is 50.9 Å². The van der Waals surface area contributed by atoms with Gasteiger partial charge in [0.15, 0.2) is 0 Å². The molecule has 4 nitrogen and oxygen atoms in total. The molecule has 8 aromatic rings. The van der Waals surface area contributed by atoms with E-state index in [1.54, 1.807) is 12.1 Å². The van der Waals surface area contributed by atoms with Crippen LogP contribution in [0.5, 0.6) is 5.75 Å². The maximum atomic E-state index is 11.8. The Morgan fingerprint density at radius 1 is 0.705 bits per heavy atom. The molecule has 0 saturated heterocycles. The van der Waals surface area contributed by atoms with E-state index in [2.05, 4.69) is 88.6 Å². The number of phenols is 1. The molecular weight excluding hydrogens is 926 g/mol. The fraction of sp³-hybridized carbons (Fsp3) is 0.250. The molecule has 0 bridgehead atoms. The van der Waals surface area contributed by atoms with Crippen molar-refractivity contribution in [2.75, 3.05) is 0 Å². The Hall–Kier alpha value is -5.57. The summed E-state index contributed by atoms with van der Waals surface area (Å²) in [4.78, 5) is 10.2. The van der Waals surface area contributed by atoms with Gasteiger partial charge in [-0.1, -0.05) is 151 Å². The van der Waals surface area contributed by atoms with Gasteiger partial charge in [-0.15, -0.1) is 29.3 Å². The number of nitrogens with zero attached hydrogens (tertiary/aromatic N) is 3. The van der Waals surface area contributed by atoms with Gasteiger partial charge in [-0.25, -0.2) is 4.98 Å². The van der Waals surface area contributed by atoms with Crippen LogP contribution in [0.25, 0.3) is 72.7 Å². The molecular formula is C56H56N3OPt-. The van der Waals surface area contributed by atoms with Gasteiger partial charge in [0.25, 0.3) is 0 Å². The zero-order valence-electron chi connectivity index (χ0n) is 44.4. The number of aromatic nitrogens is 3. The predicted octanol–water partition coefficient (Wildman–Crippen LogP) is 14.9. The zero-order valence-corrected chi connectivity index (χ0v) is 38.7. The van der Waals surface area contributed by atoms with Gasteiger partial charge in [0.1, 0.15) is 11.6 Å². The second kappa shape index (κ2) is 16.7. The SMILES string of the molecule is [2H]c1c([2H])c(C([2H])([2H])[2H])c([2H])c([2H])c1-c1ccnc(-c2[c-]c(-c3cccc4c3nc(-c3cc(C)cc(C)c3O)n4-c3ccc(C([2H])(C)C)cc3-c3ccc(C(C)(C)C)cc3)cc(C(C)(C)C)c2)c1.[Pt]. The first-order valence-electron chi connectivity index (χ1n) is 24.4. The fourth-order valence-electron chi connectivity index (χ4n) is 7.77. The van der Waals surface area contributed by atoms with Crippen LogP contribution >= 0.6 is 0 Å². The fourth-order valence-corrected chi connectivity index (χ4v) is 7.77. The van der Waals surface area contributed by atoms with Crippen LogP contribution in [0, 0.1) is 26.8 Å². The number of fused-ring (bicyclic) bond motifs is 1. The van der Waals surface area contributed by atoms with Gasteiger partial charge in [-0.3, -0.25) is 9.55 Å². The van der Waals surface area contributed by atoms with E-state index in [-0.39, 0.29) is 43.2 Å². The van der Waals surface area contributed by atoms with Gasteiger partial charge >= 0.3 is 0 Å². The minimum atomic E-state index is -2.83. The van der Waals surface area contributed by atoms with E-state index in [0.717, 1.165) is 55.7 Å². The first-order chi connectivity index (χ1) is 31.6. The Kier molecular flexibility index (Phi) is 9.33. The molecule has 0 unspecified atom stereocenters. The molecule has 2 heterocycles. The van der Waals surface area contributed by atoms with Crippen LogP contribution in [-0.4, -0.2) is 19.6 Å². The summed E-state index contributed by atoms with van der Waals surface area (Å²) >= 11 is 0. The molecule has 0 radical (unpaired) electrons. The summed E-state index contributed by atoms with van der Waals surface area (Å²) in [6.45, 7) is 17.7. The molecule has 0 saturated carbocycles. The number of aromatic hydroxyl groups is 1. The average Bonchev–Trinajstić information content (AvgIpc) is 3.65. The van der Waals surface area contributed by atoms with E-state index in [9.17, 15) is 5.11 Å². The monoisotopic (exact) mass is 989 g/mol. The molecule has 312 valence electrons. The maximum Gasteiger partial charge on any atom is 0.148 e. The molecule has 2 aromatic heterocycles. The first-order valence-corrected chi connectivity index (χ1v) is 20.4. The van der Waals surface area contributed by atoms with Crippen molar-refractivity contribution >= 4 is 11.0 Å². The van der Waals surface area contributed by atoms with E-state index in [4.69, 9.17) is 20.9 Å². The Balaban J connectivity index is 0.00000703. The third-order valence-corrected chi connectivity index (χ3v) is 11.2. The second-order valence-electron chi connectivity index (χ2n) is 18.1. The molecule has 1 N–H and O–H groups in total. The number of imidazole rings is 1. The Morgan fingerprint density at radius 2 is 1.41 bits per heavy atom. The third-order valence-electron chi connectivity index (χ3n) is 11.2. The molecule has 61 heavy (non-hydrogen) atoms. The number of aryl methyl sites for hydroxylation is 2. The van der Waals surface area contributed by atoms with Gasteiger partial charge < -0.3 is 5.11 Å². The summed E-state index contributed by atoms with van der Waals surface area (Å²) in [5.41, 5.74) is 11.3. The van der Waals surface area contributed by atoms with Crippen LogP contribution in [0.2, 0.25) is 0 Å². The molecule has 0 atom stereocenters. The van der Waals surface area contributed by atoms with Crippen molar-refractivity contribution in [1.82, 2.24) is 14.5 Å². The molecule has 0 aliphatic heterocycles. The van der Waals surface area contributed by atoms with Crippen LogP contribution < -0.4 is 0 Å². The van der Waals surface area contributed by atoms with Crippen LogP contribution in [0.3, 0.4) is 0 Å². The van der Waals surface area contributed by atoms with Crippen LogP contribution in [-0.2, 0) is 31.9 Å². The summed E-state index contributed by atoms with van der Waals surface area (Å²) in [6.07, 6.45) is 1.54. The molecule has 0 spiro atoms. The van der Waals surface area contributed by atoms with E-state index in [1.807, 2.05) is 76.2 Å². The van der Waals surface area contributed by atoms with Crippen molar-refractivity contribution in [2.45, 2.75) is 92.8 Å². The summed E-state index contributed by atoms with van der Waals surface area (Å²) in [7, 11) is 0. The third kappa shape index (κ3) is 8.66. The summed E-state index contributed by atoms with van der Waals surface area (Å²) in [5.74, 6) is -0.226. The van der Waals surface area contributed by atoms with Gasteiger partial charge in [-0.2, -0.15) is 0 Å². The minimum absolute atomic E-state index is 0.